The quantitative estimate of drug-likeness (QED) is 0.584. The SMILES string of the molecule is COC(=O)c1ccc2[nH]c([Si](C)(C)C)c(C[C@@H](C)NC(=O)OC(C)(C)C)c2c1. The van der Waals surface area contributed by atoms with Crippen molar-refractivity contribution >= 4 is 36.4 Å². The van der Waals surface area contributed by atoms with Crippen LogP contribution >= 0.6 is 0 Å². The van der Waals surface area contributed by atoms with E-state index in [1.807, 2.05) is 39.8 Å². The van der Waals surface area contributed by atoms with Crippen LogP contribution in [-0.2, 0) is 15.9 Å². The minimum atomic E-state index is -1.67. The molecule has 0 bridgehead atoms. The molecule has 1 atom stereocenters. The van der Waals surface area contributed by atoms with E-state index >= 15 is 0 Å². The summed E-state index contributed by atoms with van der Waals surface area (Å²) in [6.07, 6.45) is 0.216. The lowest BCUT2D eigenvalue weighted by Gasteiger charge is -2.23. The van der Waals surface area contributed by atoms with Crippen LogP contribution in [0.5, 0.6) is 0 Å². The van der Waals surface area contributed by atoms with Gasteiger partial charge in [0, 0.05) is 22.3 Å². The average Bonchev–Trinajstić information content (AvgIpc) is 2.90. The minimum Gasteiger partial charge on any atom is -0.465 e. The van der Waals surface area contributed by atoms with Gasteiger partial charge in [-0.15, -0.1) is 0 Å². The van der Waals surface area contributed by atoms with E-state index in [0.717, 1.165) is 16.5 Å². The van der Waals surface area contributed by atoms with Crippen molar-refractivity contribution in [2.45, 2.75) is 65.4 Å². The number of rotatable bonds is 5. The number of fused-ring (bicyclic) bond motifs is 1. The van der Waals surface area contributed by atoms with Crippen LogP contribution in [0.2, 0.25) is 19.6 Å². The number of nitrogens with one attached hydrogen (secondary N) is 2. The van der Waals surface area contributed by atoms with Gasteiger partial charge >= 0.3 is 12.1 Å². The van der Waals surface area contributed by atoms with Crippen molar-refractivity contribution < 1.29 is 19.1 Å². The number of alkyl carbamates (subject to hydrolysis) is 1. The second-order valence-corrected chi connectivity index (χ2v) is 14.2. The smallest absolute Gasteiger partial charge is 0.407 e. The summed E-state index contributed by atoms with van der Waals surface area (Å²) in [5, 5.41) is 5.14. The van der Waals surface area contributed by atoms with Crippen molar-refractivity contribution in [2.24, 2.45) is 0 Å². The number of H-pyrrole nitrogens is 1. The molecule has 1 amide bonds. The molecule has 1 heterocycles. The number of aromatic amines is 1. The third-order valence-corrected chi connectivity index (χ3v) is 6.28. The molecule has 154 valence electrons. The number of amides is 1. The monoisotopic (exact) mass is 404 g/mol. The Hall–Kier alpha value is -2.28. The molecule has 0 aliphatic rings. The molecule has 2 rings (SSSR count). The predicted molar refractivity (Wildman–Crippen MR) is 115 cm³/mol. The average molecular weight is 405 g/mol. The highest BCUT2D eigenvalue weighted by Crippen LogP contribution is 2.23. The van der Waals surface area contributed by atoms with Gasteiger partial charge in [-0.25, -0.2) is 9.59 Å². The first-order chi connectivity index (χ1) is 12.8. The molecule has 2 N–H and O–H groups in total. The number of hydrogen-bond donors (Lipinski definition) is 2. The Morgan fingerprint density at radius 3 is 2.39 bits per heavy atom. The van der Waals surface area contributed by atoms with Crippen molar-refractivity contribution in [3.05, 3.63) is 29.3 Å². The van der Waals surface area contributed by atoms with Crippen molar-refractivity contribution in [1.29, 1.82) is 0 Å². The first-order valence-electron chi connectivity index (χ1n) is 9.54. The molecular weight excluding hydrogens is 372 g/mol. The molecule has 0 unspecified atom stereocenters. The van der Waals surface area contributed by atoms with Gasteiger partial charge in [-0.1, -0.05) is 19.6 Å². The second-order valence-electron chi connectivity index (χ2n) is 9.23. The van der Waals surface area contributed by atoms with Crippen LogP contribution in [0.25, 0.3) is 10.9 Å². The van der Waals surface area contributed by atoms with Gasteiger partial charge in [0.1, 0.15) is 5.60 Å². The Bertz CT molecular complexity index is 875. The number of carbonyl (C=O) groups excluding carboxylic acids is 2. The zero-order valence-electron chi connectivity index (χ0n) is 18.1. The fourth-order valence-corrected chi connectivity index (χ4v) is 4.86. The van der Waals surface area contributed by atoms with E-state index in [1.54, 1.807) is 6.07 Å². The third-order valence-electron chi connectivity index (χ3n) is 4.35. The highest BCUT2D eigenvalue weighted by Gasteiger charge is 2.26. The molecule has 1 aromatic heterocycles. The number of carbonyl (C=O) groups is 2. The van der Waals surface area contributed by atoms with Crippen molar-refractivity contribution in [3.63, 3.8) is 0 Å². The van der Waals surface area contributed by atoms with Gasteiger partial charge in [-0.05, 0) is 57.9 Å². The number of methoxy groups -OCH3 is 1. The molecule has 1 aromatic carbocycles. The van der Waals surface area contributed by atoms with Crippen LogP contribution in [0.15, 0.2) is 18.2 Å². The van der Waals surface area contributed by atoms with Gasteiger partial charge in [-0.3, -0.25) is 0 Å². The number of ether oxygens (including phenoxy) is 2. The number of benzene rings is 1. The Morgan fingerprint density at radius 2 is 1.86 bits per heavy atom. The molecular formula is C21H32N2O4Si. The predicted octanol–water partition coefficient (Wildman–Crippen LogP) is 3.96. The number of esters is 1. The van der Waals surface area contributed by atoms with Crippen molar-refractivity contribution in [2.75, 3.05) is 7.11 Å². The molecule has 0 saturated carbocycles. The standard InChI is InChI=1S/C21H32N2O4Si/c1-13(22-20(25)27-21(2,3)4)11-16-15-12-14(19(24)26-5)9-10-17(15)23-18(16)28(6,7)8/h9-10,12-13,23H,11H2,1-8H3,(H,22,25)/t13-/m1/s1. The lowest BCUT2D eigenvalue weighted by molar-refractivity contribution is 0.0507. The van der Waals surface area contributed by atoms with Gasteiger partial charge < -0.3 is 19.8 Å². The minimum absolute atomic E-state index is 0.120. The summed E-state index contributed by atoms with van der Waals surface area (Å²) in [4.78, 5) is 27.7. The van der Waals surface area contributed by atoms with E-state index in [0.29, 0.717) is 12.0 Å². The van der Waals surface area contributed by atoms with E-state index in [4.69, 9.17) is 9.47 Å². The van der Waals surface area contributed by atoms with E-state index in [-0.39, 0.29) is 12.0 Å². The van der Waals surface area contributed by atoms with Crippen molar-refractivity contribution in [1.82, 2.24) is 10.3 Å². The molecule has 0 fully saturated rings. The molecule has 0 radical (unpaired) electrons. The zero-order valence-corrected chi connectivity index (χ0v) is 19.1. The first-order valence-corrected chi connectivity index (χ1v) is 13.0. The molecule has 0 aliphatic carbocycles. The summed E-state index contributed by atoms with van der Waals surface area (Å²) in [6, 6.07) is 5.44. The van der Waals surface area contributed by atoms with Gasteiger partial charge in [0.15, 0.2) is 0 Å². The van der Waals surface area contributed by atoms with E-state index < -0.39 is 19.8 Å². The second kappa shape index (κ2) is 7.99. The zero-order chi connectivity index (χ0) is 21.3. The lowest BCUT2D eigenvalue weighted by atomic mass is 10.0. The molecule has 0 aliphatic heterocycles. The summed E-state index contributed by atoms with van der Waals surface area (Å²) in [7, 11) is -0.295. The van der Waals surface area contributed by atoms with Gasteiger partial charge in [-0.2, -0.15) is 0 Å². The fourth-order valence-electron chi connectivity index (χ4n) is 3.21. The molecule has 6 nitrogen and oxygen atoms in total. The van der Waals surface area contributed by atoms with Gasteiger partial charge in [0.25, 0.3) is 0 Å². The third kappa shape index (κ3) is 5.38. The molecule has 0 saturated heterocycles. The molecule has 28 heavy (non-hydrogen) atoms. The fraction of sp³-hybridized carbons (Fsp3) is 0.524. The normalized spacial score (nSPS) is 13.3. The summed E-state index contributed by atoms with van der Waals surface area (Å²) in [5.74, 6) is -0.358. The topological polar surface area (TPSA) is 80.4 Å². The number of aromatic nitrogens is 1. The largest absolute Gasteiger partial charge is 0.465 e. The summed E-state index contributed by atoms with van der Waals surface area (Å²) >= 11 is 0. The lowest BCUT2D eigenvalue weighted by Crippen LogP contribution is -2.43. The van der Waals surface area contributed by atoms with Gasteiger partial charge in [0.2, 0.25) is 0 Å². The maximum atomic E-state index is 12.1. The van der Waals surface area contributed by atoms with E-state index in [2.05, 4.69) is 29.9 Å². The Labute approximate surface area is 168 Å². The Kier molecular flexibility index (Phi) is 6.28. The highest BCUT2D eigenvalue weighted by molar-refractivity contribution is 6.88. The molecule has 7 heteroatoms. The highest BCUT2D eigenvalue weighted by atomic mass is 28.3. The van der Waals surface area contributed by atoms with E-state index in [9.17, 15) is 9.59 Å². The van der Waals surface area contributed by atoms with Crippen LogP contribution < -0.4 is 10.6 Å². The van der Waals surface area contributed by atoms with Crippen molar-refractivity contribution in [3.8, 4) is 0 Å². The summed E-state index contributed by atoms with van der Waals surface area (Å²) < 4.78 is 10.2. The number of hydrogen-bond acceptors (Lipinski definition) is 4. The van der Waals surface area contributed by atoms with Crippen LogP contribution in [0, 0.1) is 0 Å². The Morgan fingerprint density at radius 1 is 1.21 bits per heavy atom. The van der Waals surface area contributed by atoms with Crippen LogP contribution in [0.3, 0.4) is 0 Å². The van der Waals surface area contributed by atoms with E-state index in [1.165, 1.54) is 12.4 Å². The Balaban J connectivity index is 2.39. The van der Waals surface area contributed by atoms with Crippen LogP contribution in [-0.4, -0.2) is 43.9 Å². The van der Waals surface area contributed by atoms with Gasteiger partial charge in [0.05, 0.1) is 20.7 Å². The maximum Gasteiger partial charge on any atom is 0.407 e. The maximum absolute atomic E-state index is 12.1. The van der Waals surface area contributed by atoms with Crippen LogP contribution in [0.1, 0.15) is 43.6 Å². The molecule has 0 spiro atoms. The summed E-state index contributed by atoms with van der Waals surface area (Å²) in [6.45, 7) is 14.3. The van der Waals surface area contributed by atoms with Crippen LogP contribution in [0.4, 0.5) is 4.79 Å². The first kappa shape index (κ1) is 22.0. The molecule has 2 aromatic rings. The summed E-state index contributed by atoms with van der Waals surface area (Å²) in [5.41, 5.74) is 2.11.